The third-order valence-electron chi connectivity index (χ3n) is 7.18. The number of aryl methyl sites for hydroxylation is 1. The number of carboxylic acids is 1. The van der Waals surface area contributed by atoms with Gasteiger partial charge in [0.1, 0.15) is 12.4 Å². The van der Waals surface area contributed by atoms with Gasteiger partial charge in [0, 0.05) is 18.5 Å². The fourth-order valence-electron chi connectivity index (χ4n) is 4.91. The smallest absolute Gasteiger partial charge is 0.476 e. The lowest BCUT2D eigenvalue weighted by Gasteiger charge is -2.12. The Morgan fingerprint density at radius 1 is 0.917 bits per heavy atom. The van der Waals surface area contributed by atoms with E-state index in [2.05, 4.69) is 32.2 Å². The first-order valence-corrected chi connectivity index (χ1v) is 15.2. The Bertz CT molecular complexity index is 1860. The van der Waals surface area contributed by atoms with Crippen molar-refractivity contribution in [1.82, 2.24) is 35.1 Å². The van der Waals surface area contributed by atoms with Crippen LogP contribution in [0.25, 0.3) is 22.5 Å². The molecule has 0 saturated carbocycles. The van der Waals surface area contributed by atoms with Crippen molar-refractivity contribution in [2.45, 2.75) is 52.7 Å². The zero-order chi connectivity index (χ0) is 34.0. The van der Waals surface area contributed by atoms with Gasteiger partial charge < -0.3 is 19.1 Å². The van der Waals surface area contributed by atoms with Crippen molar-refractivity contribution >= 4 is 23.7 Å². The third-order valence-corrected chi connectivity index (χ3v) is 7.44. The molecule has 0 aliphatic rings. The van der Waals surface area contributed by atoms with Gasteiger partial charge in [-0.15, -0.1) is 15.0 Å². The predicted octanol–water partition coefficient (Wildman–Crippen LogP) is 5.77. The number of benzene rings is 3. The Hall–Kier alpha value is -5.19. The van der Waals surface area contributed by atoms with Crippen molar-refractivity contribution in [1.29, 1.82) is 0 Å². The predicted molar refractivity (Wildman–Crippen MR) is 169 cm³/mol. The lowest BCUT2D eigenvalue weighted by molar-refractivity contribution is -0.497. The summed E-state index contributed by atoms with van der Waals surface area (Å²) >= 11 is 6.19. The van der Waals surface area contributed by atoms with Crippen LogP contribution in [-0.4, -0.2) is 62.8 Å². The number of tetrazole rings is 1. The molecule has 0 fully saturated rings. The van der Waals surface area contributed by atoms with E-state index >= 15 is 0 Å². The van der Waals surface area contributed by atoms with E-state index in [1.807, 2.05) is 48.5 Å². The number of aromatic nitrogens is 6. The summed E-state index contributed by atoms with van der Waals surface area (Å²) in [7, 11) is 0. The molecule has 5 rings (SSSR count). The fraction of sp³-hybridized carbons (Fsp3) is 0.250. The zero-order valence-electron chi connectivity index (χ0n) is 25.8. The van der Waals surface area contributed by atoms with Gasteiger partial charge in [-0.3, -0.25) is 10.4 Å². The lowest BCUT2D eigenvalue weighted by Crippen LogP contribution is -2.14. The van der Waals surface area contributed by atoms with Gasteiger partial charge in [-0.25, -0.2) is 19.4 Å². The minimum Gasteiger partial charge on any atom is -0.476 e. The summed E-state index contributed by atoms with van der Waals surface area (Å²) in [5, 5.41) is 39.2. The summed E-state index contributed by atoms with van der Waals surface area (Å²) in [6, 6.07) is 22.0. The number of carboxylic acid groups (broad SMARTS) is 1. The second-order valence-corrected chi connectivity index (χ2v) is 10.9. The number of nitrogens with zero attached hydrogens (tertiary/aromatic N) is 7. The van der Waals surface area contributed by atoms with E-state index in [0.29, 0.717) is 41.3 Å². The normalized spacial score (nSPS) is 11.2. The molecular formula is C32H32ClN7O8. The molecule has 3 aromatic carbocycles. The van der Waals surface area contributed by atoms with Crippen molar-refractivity contribution in [3.8, 4) is 22.5 Å². The van der Waals surface area contributed by atoms with Gasteiger partial charge in [-0.1, -0.05) is 97.7 Å². The first-order chi connectivity index (χ1) is 23.2. The molecule has 0 spiro atoms. The number of halogens is 1. The molecule has 0 atom stereocenters. The molecule has 0 radical (unpaired) electrons. The second-order valence-electron chi connectivity index (χ2n) is 10.5. The molecule has 0 unspecified atom stereocenters. The monoisotopic (exact) mass is 677 g/mol. The van der Waals surface area contributed by atoms with E-state index in [4.69, 9.17) is 31.5 Å². The number of rotatable bonds is 15. The summed E-state index contributed by atoms with van der Waals surface area (Å²) in [5.74, 6) is -0.177. The minimum absolute atomic E-state index is 0.0176. The number of imidazole rings is 1. The molecule has 16 heteroatoms. The average Bonchev–Trinajstić information content (AvgIpc) is 3.68. The van der Waals surface area contributed by atoms with E-state index < -0.39 is 12.1 Å². The zero-order valence-corrected chi connectivity index (χ0v) is 26.5. The molecule has 15 nitrogen and oxygen atoms in total. The Morgan fingerprint density at radius 2 is 1.65 bits per heavy atom. The lowest BCUT2D eigenvalue weighted by atomic mass is 9.98. The Morgan fingerprint density at radius 3 is 2.35 bits per heavy atom. The third kappa shape index (κ3) is 8.78. The van der Waals surface area contributed by atoms with Gasteiger partial charge in [0.05, 0.1) is 12.0 Å². The summed E-state index contributed by atoms with van der Waals surface area (Å²) in [6.45, 7) is 1.83. The molecule has 48 heavy (non-hydrogen) atoms. The first-order valence-electron chi connectivity index (χ1n) is 14.8. The van der Waals surface area contributed by atoms with Crippen molar-refractivity contribution in [2.75, 3.05) is 0 Å². The van der Waals surface area contributed by atoms with Gasteiger partial charge in [-0.2, -0.15) is 0 Å². The van der Waals surface area contributed by atoms with Crippen molar-refractivity contribution in [3.63, 3.8) is 0 Å². The number of carbonyl (C=O) groups is 2. The van der Waals surface area contributed by atoms with Crippen LogP contribution in [0.5, 0.6) is 0 Å². The van der Waals surface area contributed by atoms with Gasteiger partial charge >= 0.3 is 12.1 Å². The van der Waals surface area contributed by atoms with Crippen LogP contribution in [0.15, 0.2) is 72.8 Å². The number of aromatic carboxylic acids is 1. The van der Waals surface area contributed by atoms with Crippen molar-refractivity contribution < 1.29 is 39.4 Å². The molecule has 5 aromatic rings. The number of hydrogen-bond donors (Lipinski definition) is 3. The van der Waals surface area contributed by atoms with Crippen LogP contribution in [0.1, 0.15) is 52.8 Å². The van der Waals surface area contributed by atoms with Crippen LogP contribution in [0, 0.1) is 0 Å². The summed E-state index contributed by atoms with van der Waals surface area (Å²) in [4.78, 5) is 34.1. The molecular weight excluding hydrogens is 646 g/mol. The highest BCUT2D eigenvalue weighted by atomic mass is 35.5. The van der Waals surface area contributed by atoms with Gasteiger partial charge in [0.25, 0.3) is 0 Å². The van der Waals surface area contributed by atoms with Crippen LogP contribution in [0.4, 0.5) is 4.79 Å². The maximum absolute atomic E-state index is 12.2. The average molecular weight is 678 g/mol. The van der Waals surface area contributed by atoms with E-state index in [1.54, 1.807) is 28.8 Å². The van der Waals surface area contributed by atoms with Crippen LogP contribution in [0.3, 0.4) is 0 Å². The molecule has 0 saturated heterocycles. The van der Waals surface area contributed by atoms with Crippen LogP contribution < -0.4 is 0 Å². The maximum Gasteiger partial charge on any atom is 0.510 e. The Labute approximate surface area is 279 Å². The van der Waals surface area contributed by atoms with Crippen molar-refractivity contribution in [2.24, 2.45) is 0 Å². The summed E-state index contributed by atoms with van der Waals surface area (Å²) in [5.41, 5.74) is 4.51. The molecule has 250 valence electrons. The second kappa shape index (κ2) is 16.1. The van der Waals surface area contributed by atoms with E-state index in [-0.39, 0.29) is 36.2 Å². The summed E-state index contributed by atoms with van der Waals surface area (Å²) in [6.07, 6.45) is 1.48. The van der Waals surface area contributed by atoms with Crippen LogP contribution in [-0.2, 0) is 47.2 Å². The molecule has 3 N–H and O–H groups in total. The summed E-state index contributed by atoms with van der Waals surface area (Å²) < 4.78 is 11.9. The largest absolute Gasteiger partial charge is 0.510 e. The molecule has 0 aliphatic carbocycles. The fourth-order valence-corrected chi connectivity index (χ4v) is 5.19. The maximum atomic E-state index is 12.2. The number of unbranched alkanes of at least 4 members (excludes halogenated alkanes) is 1. The molecule has 0 bridgehead atoms. The van der Waals surface area contributed by atoms with E-state index in [0.717, 1.165) is 34.3 Å². The topological polar surface area (TPSA) is 187 Å². The first kappa shape index (κ1) is 34.2. The standard InChI is InChI=1S/C32H32ClN7O8/c1-2-3-11-27-34-29(33)28(31(41)42)38(27)17-21-12-14-24(15-13-21)25-9-4-5-10-26(25)30-35-37-39(36-30)20-47-32(43)46-18-22-7-6-8-23(16-22)19-48-40(44)45/h4-10,12-16,44-45H,2-3,11,17-20H2,1H3,(H,41,42). The molecule has 0 amide bonds. The van der Waals surface area contributed by atoms with Gasteiger partial charge in [-0.05, 0) is 39.5 Å². The Balaban J connectivity index is 1.22. The Kier molecular flexibility index (Phi) is 11.4. The van der Waals surface area contributed by atoms with Crippen molar-refractivity contribution in [3.05, 3.63) is 106 Å². The molecule has 0 aliphatic heterocycles. The van der Waals surface area contributed by atoms with Gasteiger partial charge in [0.2, 0.25) is 12.6 Å². The highest BCUT2D eigenvalue weighted by molar-refractivity contribution is 6.32. The van der Waals surface area contributed by atoms with Crippen LogP contribution in [0.2, 0.25) is 5.15 Å². The highest BCUT2D eigenvalue weighted by Crippen LogP contribution is 2.30. The van der Waals surface area contributed by atoms with E-state index in [9.17, 15) is 14.7 Å². The number of ether oxygens (including phenoxy) is 2. The molecule has 2 heterocycles. The van der Waals surface area contributed by atoms with Crippen LogP contribution >= 0.6 is 11.6 Å². The molecule has 2 aromatic heterocycles. The number of hydrogen-bond acceptors (Lipinski definition) is 12. The minimum atomic E-state index is -1.13. The van der Waals surface area contributed by atoms with Gasteiger partial charge in [0.15, 0.2) is 10.8 Å². The highest BCUT2D eigenvalue weighted by Gasteiger charge is 2.22. The van der Waals surface area contributed by atoms with E-state index in [1.165, 1.54) is 0 Å². The number of carbonyl (C=O) groups excluding carboxylic acids is 1. The SMILES string of the molecule is CCCCc1nc(Cl)c(C(=O)O)n1Cc1ccc(-c2ccccc2-c2nnn(COC(=O)OCc3cccc(CON(O)O)c3)n2)cc1. The quantitative estimate of drug-likeness (QED) is 0.0896.